The molecule has 2 heterocycles. The number of thioether (sulfide) groups is 1. The highest BCUT2D eigenvalue weighted by molar-refractivity contribution is 7.98. The standard InChI is InChI=1S/C24H22N4O4S2/c29-21(11-12-28-22(30)14-25-24(28)32)26-16-7-9-17(10-8-16)27-23(31)19-5-1-2-6-20(19)34-15-18-4-3-13-33-18/h1-10,13H,11-12,14-15H2,(H,25,32)(H,26,29)(H,27,31). The van der Waals surface area contributed by atoms with E-state index in [0.29, 0.717) is 16.9 Å². The third kappa shape index (κ3) is 6.03. The Kier molecular flexibility index (Phi) is 7.61. The summed E-state index contributed by atoms with van der Waals surface area (Å²) in [6.45, 7) is -0.0139. The number of imide groups is 1. The molecule has 0 unspecified atom stereocenters. The number of urea groups is 1. The molecule has 1 aromatic heterocycles. The van der Waals surface area contributed by atoms with Gasteiger partial charge in [0.15, 0.2) is 0 Å². The highest BCUT2D eigenvalue weighted by atomic mass is 32.2. The maximum absolute atomic E-state index is 12.9. The zero-order chi connectivity index (χ0) is 23.9. The van der Waals surface area contributed by atoms with Gasteiger partial charge in [-0.15, -0.1) is 23.1 Å². The second-order valence-corrected chi connectivity index (χ2v) is 9.45. The molecule has 1 aliphatic rings. The Morgan fingerprint density at radius 3 is 2.38 bits per heavy atom. The van der Waals surface area contributed by atoms with Crippen LogP contribution < -0.4 is 16.0 Å². The SMILES string of the molecule is O=C(CCN1C(=O)CNC1=O)Nc1ccc(NC(=O)c2ccccc2SCc2cccs2)cc1. The normalized spacial score (nSPS) is 13.0. The molecule has 8 nitrogen and oxygen atoms in total. The van der Waals surface area contributed by atoms with E-state index in [1.165, 1.54) is 4.88 Å². The Labute approximate surface area is 204 Å². The molecule has 10 heteroatoms. The van der Waals surface area contributed by atoms with E-state index >= 15 is 0 Å². The number of carbonyl (C=O) groups excluding carboxylic acids is 4. The molecule has 0 atom stereocenters. The average molecular weight is 495 g/mol. The zero-order valence-electron chi connectivity index (χ0n) is 18.1. The number of nitrogens with zero attached hydrogens (tertiary/aromatic N) is 1. The molecule has 3 N–H and O–H groups in total. The zero-order valence-corrected chi connectivity index (χ0v) is 19.7. The fourth-order valence-electron chi connectivity index (χ4n) is 3.28. The van der Waals surface area contributed by atoms with Gasteiger partial charge in [-0.25, -0.2) is 4.79 Å². The van der Waals surface area contributed by atoms with Gasteiger partial charge in [-0.2, -0.15) is 0 Å². The van der Waals surface area contributed by atoms with Crippen molar-refractivity contribution in [3.8, 4) is 0 Å². The number of rotatable bonds is 9. The van der Waals surface area contributed by atoms with Crippen LogP contribution >= 0.6 is 23.1 Å². The van der Waals surface area contributed by atoms with Gasteiger partial charge >= 0.3 is 6.03 Å². The number of amides is 5. The summed E-state index contributed by atoms with van der Waals surface area (Å²) < 4.78 is 0. The van der Waals surface area contributed by atoms with Crippen LogP contribution in [0.2, 0.25) is 0 Å². The molecule has 4 rings (SSSR count). The summed E-state index contributed by atoms with van der Waals surface area (Å²) in [5.41, 5.74) is 1.74. The summed E-state index contributed by atoms with van der Waals surface area (Å²) in [5.74, 6) is -0.0718. The van der Waals surface area contributed by atoms with E-state index in [4.69, 9.17) is 0 Å². The van der Waals surface area contributed by atoms with Crippen LogP contribution in [0.5, 0.6) is 0 Å². The lowest BCUT2D eigenvalue weighted by Crippen LogP contribution is -2.33. The Morgan fingerprint density at radius 2 is 1.71 bits per heavy atom. The summed E-state index contributed by atoms with van der Waals surface area (Å²) >= 11 is 3.31. The van der Waals surface area contributed by atoms with Crippen molar-refractivity contribution in [2.45, 2.75) is 17.1 Å². The Bertz CT molecular complexity index is 1180. The van der Waals surface area contributed by atoms with Gasteiger partial charge < -0.3 is 16.0 Å². The van der Waals surface area contributed by atoms with Crippen LogP contribution in [0, 0.1) is 0 Å². The van der Waals surface area contributed by atoms with E-state index in [2.05, 4.69) is 22.0 Å². The Hall–Kier alpha value is -3.63. The van der Waals surface area contributed by atoms with Crippen molar-refractivity contribution in [3.63, 3.8) is 0 Å². The van der Waals surface area contributed by atoms with Crippen LogP contribution in [0.15, 0.2) is 70.9 Å². The molecule has 34 heavy (non-hydrogen) atoms. The fraction of sp³-hybridized carbons (Fsp3) is 0.167. The minimum atomic E-state index is -0.482. The van der Waals surface area contributed by atoms with E-state index in [1.54, 1.807) is 53.4 Å². The molecule has 0 radical (unpaired) electrons. The first-order valence-electron chi connectivity index (χ1n) is 10.5. The van der Waals surface area contributed by atoms with Crippen LogP contribution in [-0.2, 0) is 15.3 Å². The maximum Gasteiger partial charge on any atom is 0.324 e. The number of thiophene rings is 1. The number of hydrogen-bond donors (Lipinski definition) is 3. The molecule has 0 spiro atoms. The van der Waals surface area contributed by atoms with Crippen molar-refractivity contribution >= 4 is 58.2 Å². The summed E-state index contributed by atoms with van der Waals surface area (Å²) in [6.07, 6.45) is -0.00241. The van der Waals surface area contributed by atoms with Gasteiger partial charge in [0.2, 0.25) is 11.8 Å². The molecule has 3 aromatic rings. The molecule has 0 saturated carbocycles. The predicted octanol–water partition coefficient (Wildman–Crippen LogP) is 4.17. The quantitative estimate of drug-likeness (QED) is 0.306. The minimum Gasteiger partial charge on any atom is -0.329 e. The molecule has 174 valence electrons. The van der Waals surface area contributed by atoms with E-state index in [-0.39, 0.29) is 37.2 Å². The van der Waals surface area contributed by atoms with Crippen molar-refractivity contribution in [1.29, 1.82) is 0 Å². The monoisotopic (exact) mass is 494 g/mol. The van der Waals surface area contributed by atoms with Crippen molar-refractivity contribution in [2.75, 3.05) is 23.7 Å². The molecule has 1 saturated heterocycles. The molecule has 2 aromatic carbocycles. The molecule has 1 fully saturated rings. The van der Waals surface area contributed by atoms with Gasteiger partial charge in [-0.3, -0.25) is 19.3 Å². The molecule has 0 aliphatic carbocycles. The maximum atomic E-state index is 12.9. The highest BCUT2D eigenvalue weighted by Crippen LogP contribution is 2.28. The van der Waals surface area contributed by atoms with Gasteiger partial charge in [0.25, 0.3) is 5.91 Å². The first-order chi connectivity index (χ1) is 16.5. The lowest BCUT2D eigenvalue weighted by Gasteiger charge is -2.12. The third-order valence-corrected chi connectivity index (χ3v) is 7.19. The number of carbonyl (C=O) groups is 4. The number of anilines is 2. The van der Waals surface area contributed by atoms with Crippen LogP contribution in [0.3, 0.4) is 0 Å². The minimum absolute atomic E-state index is 0.00241. The molecular weight excluding hydrogens is 472 g/mol. The van der Waals surface area contributed by atoms with E-state index in [1.807, 2.05) is 29.6 Å². The van der Waals surface area contributed by atoms with Gasteiger partial charge in [0.1, 0.15) is 0 Å². The molecular formula is C24H22N4O4S2. The molecule has 5 amide bonds. The topological polar surface area (TPSA) is 108 Å². The largest absolute Gasteiger partial charge is 0.329 e. The highest BCUT2D eigenvalue weighted by Gasteiger charge is 2.28. The van der Waals surface area contributed by atoms with Crippen molar-refractivity contribution in [2.24, 2.45) is 0 Å². The second kappa shape index (κ2) is 11.0. The lowest BCUT2D eigenvalue weighted by atomic mass is 10.2. The van der Waals surface area contributed by atoms with Gasteiger partial charge in [0, 0.05) is 39.9 Å². The summed E-state index contributed by atoms with van der Waals surface area (Å²) in [4.78, 5) is 51.3. The van der Waals surface area contributed by atoms with E-state index in [9.17, 15) is 19.2 Å². The van der Waals surface area contributed by atoms with Crippen LogP contribution in [0.1, 0.15) is 21.7 Å². The van der Waals surface area contributed by atoms with Gasteiger partial charge in [0.05, 0.1) is 12.1 Å². The average Bonchev–Trinajstić information content (AvgIpc) is 3.47. The lowest BCUT2D eigenvalue weighted by molar-refractivity contribution is -0.125. The van der Waals surface area contributed by atoms with Gasteiger partial charge in [-0.1, -0.05) is 18.2 Å². The third-order valence-electron chi connectivity index (χ3n) is 5.01. The predicted molar refractivity (Wildman–Crippen MR) is 133 cm³/mol. The number of benzene rings is 2. The van der Waals surface area contributed by atoms with Crippen LogP contribution in [0.25, 0.3) is 0 Å². The Morgan fingerprint density at radius 1 is 0.971 bits per heavy atom. The summed E-state index contributed by atoms with van der Waals surface area (Å²) in [5, 5.41) is 10.1. The molecule has 1 aliphatic heterocycles. The molecule has 0 bridgehead atoms. The summed E-state index contributed by atoms with van der Waals surface area (Å²) in [7, 11) is 0. The number of hydrogen-bond acceptors (Lipinski definition) is 6. The van der Waals surface area contributed by atoms with Crippen molar-refractivity contribution < 1.29 is 19.2 Å². The van der Waals surface area contributed by atoms with Gasteiger partial charge in [-0.05, 0) is 47.8 Å². The first-order valence-corrected chi connectivity index (χ1v) is 12.4. The van der Waals surface area contributed by atoms with Crippen molar-refractivity contribution in [1.82, 2.24) is 10.2 Å². The van der Waals surface area contributed by atoms with E-state index < -0.39 is 6.03 Å². The Balaban J connectivity index is 1.30. The fourth-order valence-corrected chi connectivity index (χ4v) is 5.10. The second-order valence-electron chi connectivity index (χ2n) is 7.40. The van der Waals surface area contributed by atoms with E-state index in [0.717, 1.165) is 15.5 Å². The summed E-state index contributed by atoms with van der Waals surface area (Å²) in [6, 6.07) is 17.8. The van der Waals surface area contributed by atoms with Crippen LogP contribution in [0.4, 0.5) is 16.2 Å². The van der Waals surface area contributed by atoms with Crippen molar-refractivity contribution in [3.05, 3.63) is 76.5 Å². The first kappa shape index (κ1) is 23.5. The smallest absolute Gasteiger partial charge is 0.324 e. The number of nitrogens with one attached hydrogen (secondary N) is 3. The van der Waals surface area contributed by atoms with Crippen LogP contribution in [-0.4, -0.2) is 41.7 Å².